The van der Waals surface area contributed by atoms with Crippen LogP contribution >= 0.6 is 0 Å². The van der Waals surface area contributed by atoms with Gasteiger partial charge < -0.3 is 25.8 Å². The second-order valence-corrected chi connectivity index (χ2v) is 11.0. The van der Waals surface area contributed by atoms with E-state index in [9.17, 15) is 39.7 Å². The Morgan fingerprint density at radius 2 is 1.19 bits per heavy atom. The summed E-state index contributed by atoms with van der Waals surface area (Å²) in [5, 5.41) is 43.8. The van der Waals surface area contributed by atoms with E-state index >= 15 is 0 Å². The molecule has 43 heavy (non-hydrogen) atoms. The van der Waals surface area contributed by atoms with Gasteiger partial charge in [-0.05, 0) is 6.42 Å². The first-order valence-electron chi connectivity index (χ1n) is 15.1. The number of hydrogen-bond acceptors (Lipinski definition) is 9. The summed E-state index contributed by atoms with van der Waals surface area (Å²) in [5.41, 5.74) is 0.725. The number of unbranched alkanes of at least 4 members (excludes halogenated alkanes) is 5. The van der Waals surface area contributed by atoms with Crippen LogP contribution in [0.15, 0.2) is 18.3 Å². The Morgan fingerprint density at radius 3 is 1.65 bits per heavy atom. The van der Waals surface area contributed by atoms with Gasteiger partial charge in [-0.25, -0.2) is 0 Å². The highest BCUT2D eigenvalue weighted by Crippen LogP contribution is 2.08. The van der Waals surface area contributed by atoms with Gasteiger partial charge in [-0.15, -0.1) is 0 Å². The number of nitrogens with one attached hydrogen (secondary N) is 1. The summed E-state index contributed by atoms with van der Waals surface area (Å²) in [5.74, 6) is -3.28. The molecule has 14 nitrogen and oxygen atoms in total. The number of hydrogen-bond donors (Lipinski definition) is 4. The summed E-state index contributed by atoms with van der Waals surface area (Å²) in [6, 6.07) is 3.04. The number of pyridine rings is 1. The van der Waals surface area contributed by atoms with Crippen molar-refractivity contribution in [3.05, 3.63) is 34.8 Å². The molecule has 1 amide bonds. The Balaban J connectivity index is 2.13. The topological polar surface area (TPSA) is 181 Å². The minimum absolute atomic E-state index is 0.176. The fourth-order valence-electron chi connectivity index (χ4n) is 5.01. The van der Waals surface area contributed by atoms with E-state index < -0.39 is 17.9 Å². The standard InChI is InChI=1S/C29H48N6O8/c1-2-3-4-5-6-7-9-30-29(42)24-8-10-35(43)25(19-24)20-31-11-13-32(21-26(36)37)15-17-34(23-28(40)41)18-16-33(14-12-31)22-27(38)39/h8,10,19H,2-7,9,11-18,20-23H2,1H3,(H,30,42)(H,36,37)(H,38,39)(H,40,41). The first-order chi connectivity index (χ1) is 20.6. The molecule has 2 heterocycles. The van der Waals surface area contributed by atoms with Crippen LogP contribution in [0.3, 0.4) is 0 Å². The van der Waals surface area contributed by atoms with Gasteiger partial charge in [0.05, 0.1) is 31.7 Å². The Bertz CT molecular complexity index is 1010. The lowest BCUT2D eigenvalue weighted by atomic mass is 10.1. The third-order valence-electron chi connectivity index (χ3n) is 7.46. The molecule has 0 aromatic carbocycles. The lowest BCUT2D eigenvalue weighted by Gasteiger charge is -2.32. The van der Waals surface area contributed by atoms with Gasteiger partial charge in [0.25, 0.3) is 5.91 Å². The van der Waals surface area contributed by atoms with Crippen LogP contribution in [0, 0.1) is 5.21 Å². The van der Waals surface area contributed by atoms with E-state index in [1.54, 1.807) is 20.8 Å². The molecule has 4 N–H and O–H groups in total. The molecule has 1 aliphatic rings. The lowest BCUT2D eigenvalue weighted by molar-refractivity contribution is -0.615. The molecule has 1 aliphatic heterocycles. The molecule has 0 atom stereocenters. The van der Waals surface area contributed by atoms with Gasteiger partial charge in [-0.1, -0.05) is 39.0 Å². The van der Waals surface area contributed by atoms with Crippen LogP contribution in [-0.4, -0.2) is 137 Å². The van der Waals surface area contributed by atoms with Crippen molar-refractivity contribution in [2.45, 2.75) is 52.0 Å². The van der Waals surface area contributed by atoms with Crippen LogP contribution in [0.4, 0.5) is 0 Å². The summed E-state index contributed by atoms with van der Waals surface area (Å²) in [6.45, 7) is 4.86. The molecule has 0 spiro atoms. The minimum atomic E-state index is -1.02. The predicted octanol–water partition coefficient (Wildman–Crippen LogP) is 0.386. The van der Waals surface area contributed by atoms with Crippen LogP contribution in [-0.2, 0) is 20.9 Å². The van der Waals surface area contributed by atoms with E-state index in [0.717, 1.165) is 19.3 Å². The quantitative estimate of drug-likeness (QED) is 0.115. The number of carbonyl (C=O) groups is 4. The Labute approximate surface area is 253 Å². The predicted molar refractivity (Wildman–Crippen MR) is 159 cm³/mol. The highest BCUT2D eigenvalue weighted by atomic mass is 16.5. The minimum Gasteiger partial charge on any atom is -0.618 e. The SMILES string of the molecule is CCCCCCCCNC(=O)c1cc[n+]([O-])c(CN2CCN(CC(=O)O)CCN(CC(=O)O)CCN(CC(=O)O)CC2)c1. The molecule has 2 rings (SSSR count). The number of rotatable bonds is 16. The Kier molecular flexibility index (Phi) is 16.5. The molecule has 0 radical (unpaired) electrons. The van der Waals surface area contributed by atoms with Crippen molar-refractivity contribution in [2.24, 2.45) is 0 Å². The molecule has 0 unspecified atom stereocenters. The fourth-order valence-corrected chi connectivity index (χ4v) is 5.01. The number of aromatic nitrogens is 1. The number of carboxylic acids is 3. The number of amides is 1. The monoisotopic (exact) mass is 608 g/mol. The molecule has 1 fully saturated rings. The van der Waals surface area contributed by atoms with Crippen molar-refractivity contribution in [1.82, 2.24) is 24.9 Å². The molecule has 1 saturated heterocycles. The maximum atomic E-state index is 12.8. The van der Waals surface area contributed by atoms with Crippen LogP contribution in [0.2, 0.25) is 0 Å². The zero-order valence-corrected chi connectivity index (χ0v) is 25.3. The number of carboxylic acid groups (broad SMARTS) is 3. The van der Waals surface area contributed by atoms with E-state index in [2.05, 4.69) is 12.2 Å². The van der Waals surface area contributed by atoms with Gasteiger partial charge in [-0.2, -0.15) is 4.73 Å². The van der Waals surface area contributed by atoms with Crippen LogP contribution in [0.25, 0.3) is 0 Å². The smallest absolute Gasteiger partial charge is 0.317 e. The lowest BCUT2D eigenvalue weighted by Crippen LogP contribution is -2.49. The molecule has 14 heteroatoms. The second kappa shape index (κ2) is 19.8. The first-order valence-corrected chi connectivity index (χ1v) is 15.1. The van der Waals surface area contributed by atoms with E-state index in [4.69, 9.17) is 0 Å². The third-order valence-corrected chi connectivity index (χ3v) is 7.46. The molecule has 242 valence electrons. The van der Waals surface area contributed by atoms with Gasteiger partial charge in [-0.3, -0.25) is 38.8 Å². The van der Waals surface area contributed by atoms with Crippen molar-refractivity contribution >= 4 is 23.8 Å². The third kappa shape index (κ3) is 15.1. The Morgan fingerprint density at radius 1 is 0.744 bits per heavy atom. The van der Waals surface area contributed by atoms with Gasteiger partial charge in [0.1, 0.15) is 0 Å². The Hall–Kier alpha value is -3.33. The highest BCUT2D eigenvalue weighted by molar-refractivity contribution is 5.94. The zero-order valence-electron chi connectivity index (χ0n) is 25.3. The summed E-state index contributed by atoms with van der Waals surface area (Å²) in [4.78, 5) is 54.2. The normalized spacial score (nSPS) is 16.7. The number of nitrogens with zero attached hydrogens (tertiary/aromatic N) is 5. The van der Waals surface area contributed by atoms with Crippen LogP contribution in [0.1, 0.15) is 61.5 Å². The van der Waals surface area contributed by atoms with Crippen molar-refractivity contribution in [3.63, 3.8) is 0 Å². The second-order valence-electron chi connectivity index (χ2n) is 11.0. The zero-order chi connectivity index (χ0) is 31.6. The van der Waals surface area contributed by atoms with Gasteiger partial charge in [0, 0.05) is 71.0 Å². The van der Waals surface area contributed by atoms with Crippen molar-refractivity contribution in [1.29, 1.82) is 0 Å². The summed E-state index contributed by atoms with van der Waals surface area (Å²) < 4.78 is 0.703. The highest BCUT2D eigenvalue weighted by Gasteiger charge is 2.22. The van der Waals surface area contributed by atoms with Crippen LogP contribution < -0.4 is 10.0 Å². The maximum Gasteiger partial charge on any atom is 0.317 e. The average Bonchev–Trinajstić information content (AvgIpc) is 2.94. The molecule has 0 bridgehead atoms. The molecule has 1 aromatic rings. The van der Waals surface area contributed by atoms with Gasteiger partial charge >= 0.3 is 17.9 Å². The first kappa shape index (κ1) is 35.9. The molecule has 0 aliphatic carbocycles. The maximum absolute atomic E-state index is 12.8. The molecular weight excluding hydrogens is 560 g/mol. The largest absolute Gasteiger partial charge is 0.618 e. The summed E-state index contributed by atoms with van der Waals surface area (Å²) >= 11 is 0. The van der Waals surface area contributed by atoms with E-state index in [1.807, 2.05) is 4.90 Å². The van der Waals surface area contributed by atoms with Gasteiger partial charge in [0.15, 0.2) is 6.20 Å². The number of carbonyl (C=O) groups excluding carboxylic acids is 1. The van der Waals surface area contributed by atoms with Crippen molar-refractivity contribution < 1.29 is 39.2 Å². The van der Waals surface area contributed by atoms with E-state index in [-0.39, 0.29) is 32.1 Å². The molecule has 0 saturated carbocycles. The van der Waals surface area contributed by atoms with E-state index in [1.165, 1.54) is 31.5 Å². The average molecular weight is 609 g/mol. The molecule has 1 aromatic heterocycles. The van der Waals surface area contributed by atoms with Crippen molar-refractivity contribution in [3.8, 4) is 0 Å². The summed E-state index contributed by atoms with van der Waals surface area (Å²) in [6.07, 6.45) is 7.96. The number of aliphatic carboxylic acids is 3. The van der Waals surface area contributed by atoms with Gasteiger partial charge in [0.2, 0.25) is 5.69 Å². The molecular formula is C29H48N6O8. The fraction of sp³-hybridized carbons (Fsp3) is 0.690. The van der Waals surface area contributed by atoms with Crippen molar-refractivity contribution in [2.75, 3.05) is 78.5 Å². The van der Waals surface area contributed by atoms with Crippen LogP contribution in [0.5, 0.6) is 0 Å². The van der Waals surface area contributed by atoms with E-state index in [0.29, 0.717) is 74.9 Å². The summed E-state index contributed by atoms with van der Waals surface area (Å²) in [7, 11) is 0.